The van der Waals surface area contributed by atoms with Gasteiger partial charge in [-0.25, -0.2) is 9.98 Å². The molecule has 1 aromatic rings. The monoisotopic (exact) mass is 378 g/mol. The van der Waals surface area contributed by atoms with Gasteiger partial charge in [0, 0.05) is 29.3 Å². The number of aromatic nitrogens is 1. The number of pyridine rings is 1. The highest BCUT2D eigenvalue weighted by Crippen LogP contribution is 2.24. The van der Waals surface area contributed by atoms with Crippen LogP contribution in [0.2, 0.25) is 0 Å². The van der Waals surface area contributed by atoms with Crippen molar-refractivity contribution < 1.29 is 4.39 Å². The fourth-order valence-corrected chi connectivity index (χ4v) is 2.74. The molecule has 0 saturated heterocycles. The average Bonchev–Trinajstić information content (AvgIpc) is 2.67. The third-order valence-electron chi connectivity index (χ3n) is 3.84. The van der Waals surface area contributed by atoms with Gasteiger partial charge in [-0.05, 0) is 44.2 Å². The average molecular weight is 379 g/mol. The van der Waals surface area contributed by atoms with Crippen LogP contribution in [0.5, 0.6) is 0 Å². The number of halogens is 1. The van der Waals surface area contributed by atoms with Gasteiger partial charge in [0.25, 0.3) is 0 Å². The number of hydrogen-bond donors (Lipinski definition) is 2. The molecule has 1 rings (SSSR count). The van der Waals surface area contributed by atoms with E-state index in [1.165, 1.54) is 0 Å². The van der Waals surface area contributed by atoms with Crippen molar-refractivity contribution in [3.05, 3.63) is 41.9 Å². The zero-order valence-corrected chi connectivity index (χ0v) is 17.2. The van der Waals surface area contributed by atoms with Crippen molar-refractivity contribution in [3.63, 3.8) is 0 Å². The van der Waals surface area contributed by atoms with Crippen LogP contribution in [0.1, 0.15) is 45.7 Å². The Morgan fingerprint density at radius 3 is 2.73 bits per heavy atom. The fraction of sp³-hybridized carbons (Fsp3) is 0.500. The van der Waals surface area contributed by atoms with E-state index in [-0.39, 0.29) is 6.54 Å². The molecular formula is C20H31FN4S. The quantitative estimate of drug-likeness (QED) is 0.293. The first-order valence-electron chi connectivity index (χ1n) is 9.15. The van der Waals surface area contributed by atoms with Crippen molar-refractivity contribution >= 4 is 23.5 Å². The molecule has 0 aliphatic rings. The van der Waals surface area contributed by atoms with E-state index in [9.17, 15) is 4.39 Å². The van der Waals surface area contributed by atoms with Gasteiger partial charge in [0.15, 0.2) is 0 Å². The van der Waals surface area contributed by atoms with Crippen LogP contribution in [-0.4, -0.2) is 30.3 Å². The summed E-state index contributed by atoms with van der Waals surface area (Å²) in [6.07, 6.45) is 7.96. The van der Waals surface area contributed by atoms with Gasteiger partial charge in [-0.15, -0.1) is 11.8 Å². The van der Waals surface area contributed by atoms with Crippen molar-refractivity contribution in [2.24, 2.45) is 4.99 Å². The summed E-state index contributed by atoms with van der Waals surface area (Å²) in [4.78, 5) is 9.61. The van der Waals surface area contributed by atoms with Gasteiger partial charge in [0.1, 0.15) is 11.6 Å². The van der Waals surface area contributed by atoms with E-state index in [0.717, 1.165) is 48.6 Å². The molecule has 0 fully saturated rings. The third kappa shape index (κ3) is 7.60. The Kier molecular flexibility index (Phi) is 10.7. The maximum atomic E-state index is 14.3. The number of aliphatic imine (C=N–C) groups is 1. The highest BCUT2D eigenvalue weighted by atomic mass is 32.2. The lowest BCUT2D eigenvalue weighted by Crippen LogP contribution is -2.16. The van der Waals surface area contributed by atoms with E-state index in [1.807, 2.05) is 25.3 Å². The van der Waals surface area contributed by atoms with Gasteiger partial charge in [-0.2, -0.15) is 4.39 Å². The molecule has 4 nitrogen and oxygen atoms in total. The summed E-state index contributed by atoms with van der Waals surface area (Å²) in [6.45, 7) is 10.9. The van der Waals surface area contributed by atoms with Gasteiger partial charge in [-0.3, -0.25) is 0 Å². The van der Waals surface area contributed by atoms with Crippen LogP contribution < -0.4 is 10.6 Å². The van der Waals surface area contributed by atoms with Crippen LogP contribution in [0.15, 0.2) is 46.1 Å². The minimum atomic E-state index is -0.564. The van der Waals surface area contributed by atoms with Crippen LogP contribution in [0.3, 0.4) is 0 Å². The SMILES string of the molecule is C=C(CNc1nc(CC)ccc1SC)/C(F)=N\C(=C/C)NCCCCC. The molecule has 0 radical (unpaired) electrons. The number of thioether (sulfide) groups is 1. The van der Waals surface area contributed by atoms with Gasteiger partial charge in [0.05, 0.1) is 0 Å². The van der Waals surface area contributed by atoms with Crippen LogP contribution in [-0.2, 0) is 6.42 Å². The summed E-state index contributed by atoms with van der Waals surface area (Å²) >= 11 is 1.60. The highest BCUT2D eigenvalue weighted by molar-refractivity contribution is 7.98. The van der Waals surface area contributed by atoms with Gasteiger partial charge < -0.3 is 10.6 Å². The second-order valence-electron chi connectivity index (χ2n) is 5.87. The minimum absolute atomic E-state index is 0.260. The Morgan fingerprint density at radius 1 is 1.35 bits per heavy atom. The van der Waals surface area contributed by atoms with Crippen molar-refractivity contribution in [3.8, 4) is 0 Å². The fourth-order valence-electron chi connectivity index (χ4n) is 2.22. The standard InChI is InChI=1S/C20H31FN4S/c1-6-9-10-13-22-18(8-3)25-19(21)15(4)14-23-20-17(26-5)12-11-16(7-2)24-20/h8,11-12,22H,4,6-7,9-10,13-14H2,1-3,5H3,(H,23,24)/b18-8-,25-19+. The summed E-state index contributed by atoms with van der Waals surface area (Å²) in [7, 11) is 0. The second kappa shape index (κ2) is 12.5. The molecular weight excluding hydrogens is 347 g/mol. The molecule has 6 heteroatoms. The van der Waals surface area contributed by atoms with E-state index in [4.69, 9.17) is 0 Å². The number of nitrogens with one attached hydrogen (secondary N) is 2. The number of aryl methyl sites for hydroxylation is 1. The minimum Gasteiger partial charge on any atom is -0.370 e. The predicted molar refractivity (Wildman–Crippen MR) is 113 cm³/mol. The maximum Gasteiger partial charge on any atom is 0.219 e. The number of hydrogen-bond acceptors (Lipinski definition) is 5. The molecule has 0 amide bonds. The number of anilines is 1. The molecule has 0 aromatic carbocycles. The smallest absolute Gasteiger partial charge is 0.219 e. The molecule has 0 bridgehead atoms. The topological polar surface area (TPSA) is 49.3 Å². The molecule has 0 aliphatic carbocycles. The second-order valence-corrected chi connectivity index (χ2v) is 6.72. The Morgan fingerprint density at radius 2 is 2.12 bits per heavy atom. The van der Waals surface area contributed by atoms with Crippen LogP contribution >= 0.6 is 11.8 Å². The van der Waals surface area contributed by atoms with E-state index >= 15 is 0 Å². The molecule has 0 atom stereocenters. The van der Waals surface area contributed by atoms with Crippen LogP contribution in [0.25, 0.3) is 0 Å². The van der Waals surface area contributed by atoms with Gasteiger partial charge >= 0.3 is 0 Å². The zero-order valence-electron chi connectivity index (χ0n) is 16.4. The Bertz CT molecular complexity index is 641. The normalized spacial score (nSPS) is 12.2. The van der Waals surface area contributed by atoms with E-state index in [0.29, 0.717) is 11.4 Å². The first kappa shape index (κ1) is 22.2. The number of rotatable bonds is 12. The summed E-state index contributed by atoms with van der Waals surface area (Å²) < 4.78 is 14.3. The van der Waals surface area contributed by atoms with Gasteiger partial charge in [0.2, 0.25) is 5.97 Å². The highest BCUT2D eigenvalue weighted by Gasteiger charge is 2.09. The zero-order chi connectivity index (χ0) is 19.4. The Labute approximate surface area is 161 Å². The first-order valence-corrected chi connectivity index (χ1v) is 10.4. The molecule has 0 spiro atoms. The molecule has 144 valence electrons. The Balaban J connectivity index is 2.66. The molecule has 0 saturated carbocycles. The summed E-state index contributed by atoms with van der Waals surface area (Å²) in [5.74, 6) is 0.733. The van der Waals surface area contributed by atoms with Gasteiger partial charge in [-0.1, -0.05) is 33.3 Å². The molecule has 1 aromatic heterocycles. The summed E-state index contributed by atoms with van der Waals surface area (Å²) in [6, 6.07) is 4.04. The summed E-state index contributed by atoms with van der Waals surface area (Å²) in [5, 5.41) is 6.33. The van der Waals surface area contributed by atoms with Crippen molar-refractivity contribution in [1.29, 1.82) is 0 Å². The first-order chi connectivity index (χ1) is 12.5. The number of nitrogens with zero attached hydrogens (tertiary/aromatic N) is 2. The molecule has 0 unspecified atom stereocenters. The summed E-state index contributed by atoms with van der Waals surface area (Å²) in [5.41, 5.74) is 1.30. The number of unbranched alkanes of at least 4 members (excludes halogenated alkanes) is 2. The van der Waals surface area contributed by atoms with E-state index in [1.54, 1.807) is 17.8 Å². The lowest BCUT2D eigenvalue weighted by Gasteiger charge is -2.12. The predicted octanol–water partition coefficient (Wildman–Crippen LogP) is 5.34. The van der Waals surface area contributed by atoms with Crippen LogP contribution in [0.4, 0.5) is 10.2 Å². The molecule has 0 aliphatic heterocycles. The molecule has 26 heavy (non-hydrogen) atoms. The lowest BCUT2D eigenvalue weighted by molar-refractivity contribution is 0.660. The molecule has 1 heterocycles. The maximum absolute atomic E-state index is 14.3. The molecule has 2 N–H and O–H groups in total. The van der Waals surface area contributed by atoms with Crippen molar-refractivity contribution in [1.82, 2.24) is 10.3 Å². The third-order valence-corrected chi connectivity index (χ3v) is 4.61. The van der Waals surface area contributed by atoms with E-state index in [2.05, 4.69) is 41.0 Å². The number of allylic oxidation sites excluding steroid dienone is 1. The lowest BCUT2D eigenvalue weighted by atomic mass is 10.2. The van der Waals surface area contributed by atoms with Crippen molar-refractivity contribution in [2.75, 3.05) is 24.7 Å². The van der Waals surface area contributed by atoms with Crippen molar-refractivity contribution in [2.45, 2.75) is 51.3 Å². The Hall–Kier alpha value is -1.82. The van der Waals surface area contributed by atoms with E-state index < -0.39 is 5.97 Å². The largest absolute Gasteiger partial charge is 0.370 e. The van der Waals surface area contributed by atoms with Crippen LogP contribution in [0, 0.1) is 0 Å².